The Morgan fingerprint density at radius 1 is 1.10 bits per heavy atom. The molecule has 0 aromatic heterocycles. The first-order valence-electron chi connectivity index (χ1n) is 12.4. The zero-order valence-corrected chi connectivity index (χ0v) is 19.5. The Morgan fingerprint density at radius 2 is 1.86 bits per heavy atom. The van der Waals surface area contributed by atoms with Gasteiger partial charge in [0.1, 0.15) is 0 Å². The summed E-state index contributed by atoms with van der Waals surface area (Å²) in [4.78, 5) is 0. The first kappa shape index (κ1) is 21.6. The van der Waals surface area contributed by atoms with Gasteiger partial charge in [-0.05, 0) is 112 Å². The van der Waals surface area contributed by atoms with Gasteiger partial charge in [0.05, 0.1) is 12.2 Å². The molecule has 0 radical (unpaired) electrons. The molecular weight excluding hydrogens is 356 g/mol. The summed E-state index contributed by atoms with van der Waals surface area (Å²) in [5.41, 5.74) is 3.39. The molecule has 0 amide bonds. The molecule has 1 unspecified atom stereocenters. The number of allylic oxidation sites excluding steroid dienone is 2. The van der Waals surface area contributed by atoms with Crippen molar-refractivity contribution >= 4 is 0 Å². The number of aliphatic hydroxyl groups excluding tert-OH is 2. The Morgan fingerprint density at radius 3 is 2.59 bits per heavy atom. The van der Waals surface area contributed by atoms with Crippen LogP contribution in [0, 0.1) is 40.4 Å². The normalized spacial score (nSPS) is 47.5. The van der Waals surface area contributed by atoms with Crippen molar-refractivity contribution in [3.05, 3.63) is 23.3 Å². The van der Waals surface area contributed by atoms with Crippen LogP contribution in [-0.4, -0.2) is 22.4 Å². The lowest BCUT2D eigenvalue weighted by Crippen LogP contribution is -2.54. The first-order valence-corrected chi connectivity index (χ1v) is 12.4. The average molecular weight is 401 g/mol. The van der Waals surface area contributed by atoms with E-state index in [4.69, 9.17) is 0 Å². The number of hydrogen-bond donors (Lipinski definition) is 2. The van der Waals surface area contributed by atoms with Crippen LogP contribution in [0.2, 0.25) is 0 Å². The molecule has 2 nitrogen and oxygen atoms in total. The van der Waals surface area contributed by atoms with E-state index in [0.717, 1.165) is 31.1 Å². The first-order chi connectivity index (χ1) is 13.7. The molecule has 4 rings (SSSR count). The molecule has 29 heavy (non-hydrogen) atoms. The van der Waals surface area contributed by atoms with Crippen molar-refractivity contribution < 1.29 is 10.2 Å². The number of aliphatic hydroxyl groups is 2. The second-order valence-corrected chi connectivity index (χ2v) is 11.9. The van der Waals surface area contributed by atoms with Gasteiger partial charge in [0, 0.05) is 0 Å². The summed E-state index contributed by atoms with van der Waals surface area (Å²) in [6.07, 6.45) is 14.6. The maximum absolute atomic E-state index is 11.3. The van der Waals surface area contributed by atoms with Crippen LogP contribution in [0.4, 0.5) is 0 Å². The van der Waals surface area contributed by atoms with Crippen molar-refractivity contribution in [2.24, 2.45) is 40.4 Å². The van der Waals surface area contributed by atoms with Crippen molar-refractivity contribution in [3.63, 3.8) is 0 Å². The highest BCUT2D eigenvalue weighted by molar-refractivity contribution is 5.27. The van der Waals surface area contributed by atoms with Crippen molar-refractivity contribution in [1.29, 1.82) is 0 Å². The molecule has 3 saturated carbocycles. The van der Waals surface area contributed by atoms with Crippen LogP contribution in [-0.2, 0) is 0 Å². The van der Waals surface area contributed by atoms with Gasteiger partial charge in [-0.1, -0.05) is 44.1 Å². The van der Waals surface area contributed by atoms with Crippen molar-refractivity contribution in [2.45, 2.75) is 105 Å². The third kappa shape index (κ3) is 3.57. The number of fused-ring (bicyclic) bond motifs is 5. The fraction of sp³-hybridized carbons (Fsp3) is 0.852. The van der Waals surface area contributed by atoms with Crippen LogP contribution in [0.3, 0.4) is 0 Å². The van der Waals surface area contributed by atoms with Crippen molar-refractivity contribution in [3.8, 4) is 0 Å². The largest absolute Gasteiger partial charge is 0.393 e. The molecular formula is C27H44O2. The molecule has 0 spiro atoms. The van der Waals surface area contributed by atoms with Crippen LogP contribution in [0.5, 0.6) is 0 Å². The van der Waals surface area contributed by atoms with E-state index in [9.17, 15) is 10.2 Å². The van der Waals surface area contributed by atoms with E-state index in [1.54, 1.807) is 0 Å². The van der Waals surface area contributed by atoms with Gasteiger partial charge in [-0.3, -0.25) is 0 Å². The summed E-state index contributed by atoms with van der Waals surface area (Å²) in [7, 11) is 0. The number of rotatable bonds is 4. The lowest BCUT2D eigenvalue weighted by atomic mass is 9.46. The highest BCUT2D eigenvalue weighted by Gasteiger charge is 2.61. The topological polar surface area (TPSA) is 40.5 Å². The maximum Gasteiger partial charge on any atom is 0.0757 e. The predicted octanol–water partition coefficient (Wildman–Crippen LogP) is 6.28. The lowest BCUT2D eigenvalue weighted by Gasteiger charge is -2.59. The standard InChI is InChI=1S/C27H44O2/c1-17(2)7-6-8-18(3)21-9-10-22-25-23(12-14-27(21,22)5)26(4)13-11-20(28)15-19(26)16-24(25)29/h7,16,18,20-25,28-29H,6,8-15H2,1-5H3/t18?,20-,21+,22-,23-,24+,25-,26-,27+/m0/s1. The molecule has 9 atom stereocenters. The fourth-order valence-corrected chi connectivity index (χ4v) is 8.44. The monoisotopic (exact) mass is 400 g/mol. The summed E-state index contributed by atoms with van der Waals surface area (Å²) < 4.78 is 0. The van der Waals surface area contributed by atoms with Crippen LogP contribution in [0.25, 0.3) is 0 Å². The van der Waals surface area contributed by atoms with E-state index >= 15 is 0 Å². The quantitative estimate of drug-likeness (QED) is 0.545. The molecule has 0 aromatic carbocycles. The van der Waals surface area contributed by atoms with Gasteiger partial charge >= 0.3 is 0 Å². The number of hydrogen-bond acceptors (Lipinski definition) is 2. The molecule has 3 fully saturated rings. The van der Waals surface area contributed by atoms with Gasteiger partial charge in [-0.25, -0.2) is 0 Å². The molecule has 4 aliphatic rings. The highest BCUT2D eigenvalue weighted by Crippen LogP contribution is 2.67. The molecule has 0 bridgehead atoms. The van der Waals surface area contributed by atoms with Crippen LogP contribution >= 0.6 is 0 Å². The average Bonchev–Trinajstić information content (AvgIpc) is 3.00. The zero-order valence-electron chi connectivity index (χ0n) is 19.5. The fourth-order valence-electron chi connectivity index (χ4n) is 8.44. The van der Waals surface area contributed by atoms with E-state index < -0.39 is 0 Å². The van der Waals surface area contributed by atoms with Gasteiger partial charge in [0.2, 0.25) is 0 Å². The minimum absolute atomic E-state index is 0.204. The third-order valence-electron chi connectivity index (χ3n) is 10.0. The summed E-state index contributed by atoms with van der Waals surface area (Å²) in [5, 5.41) is 21.5. The van der Waals surface area contributed by atoms with E-state index in [0.29, 0.717) is 23.2 Å². The predicted molar refractivity (Wildman–Crippen MR) is 120 cm³/mol. The second kappa shape index (κ2) is 7.83. The van der Waals surface area contributed by atoms with Crippen molar-refractivity contribution in [2.75, 3.05) is 0 Å². The van der Waals surface area contributed by atoms with Gasteiger partial charge in [-0.15, -0.1) is 0 Å². The Hall–Kier alpha value is -0.600. The zero-order chi connectivity index (χ0) is 21.0. The molecule has 0 heterocycles. The summed E-state index contributed by atoms with van der Waals surface area (Å²) in [6, 6.07) is 0. The third-order valence-corrected chi connectivity index (χ3v) is 10.0. The van der Waals surface area contributed by atoms with Crippen LogP contribution in [0.1, 0.15) is 92.4 Å². The maximum atomic E-state index is 11.3. The minimum Gasteiger partial charge on any atom is -0.393 e. The van der Waals surface area contributed by atoms with Crippen LogP contribution in [0.15, 0.2) is 23.3 Å². The SMILES string of the molecule is CC(C)=CCCC(C)[C@H]1CC[C@H]2[C@@H]3[C@H](O)C=C4C[C@@H](O)CC[C@]4(C)[C@H]3CC[C@]12C. The van der Waals surface area contributed by atoms with Crippen LogP contribution < -0.4 is 0 Å². The van der Waals surface area contributed by atoms with Crippen molar-refractivity contribution in [1.82, 2.24) is 0 Å². The Kier molecular flexibility index (Phi) is 5.84. The smallest absolute Gasteiger partial charge is 0.0757 e. The molecule has 0 aliphatic heterocycles. The summed E-state index contributed by atoms with van der Waals surface area (Å²) in [6.45, 7) is 11.9. The summed E-state index contributed by atoms with van der Waals surface area (Å²) in [5.74, 6) is 3.26. The van der Waals surface area contributed by atoms with E-state index in [-0.39, 0.29) is 17.6 Å². The lowest BCUT2D eigenvalue weighted by molar-refractivity contribution is -0.0969. The van der Waals surface area contributed by atoms with Gasteiger partial charge in [0.25, 0.3) is 0 Å². The molecule has 0 aromatic rings. The molecule has 4 aliphatic carbocycles. The van der Waals surface area contributed by atoms with Gasteiger partial charge in [0.15, 0.2) is 0 Å². The molecule has 0 saturated heterocycles. The Balaban J connectivity index is 1.56. The van der Waals surface area contributed by atoms with Gasteiger partial charge in [-0.2, -0.15) is 0 Å². The molecule has 2 heteroatoms. The molecule has 2 N–H and O–H groups in total. The van der Waals surface area contributed by atoms with Gasteiger partial charge < -0.3 is 10.2 Å². The Bertz CT molecular complexity index is 674. The van der Waals surface area contributed by atoms with E-state index in [2.05, 4.69) is 46.8 Å². The highest BCUT2D eigenvalue weighted by atomic mass is 16.3. The molecule has 164 valence electrons. The van der Waals surface area contributed by atoms with E-state index in [1.807, 2.05) is 0 Å². The summed E-state index contributed by atoms with van der Waals surface area (Å²) >= 11 is 0. The Labute approximate surface area is 178 Å². The minimum atomic E-state index is -0.308. The second-order valence-electron chi connectivity index (χ2n) is 11.9. The van der Waals surface area contributed by atoms with E-state index in [1.165, 1.54) is 49.7 Å².